The highest BCUT2D eigenvalue weighted by Crippen LogP contribution is 2.22. The summed E-state index contributed by atoms with van der Waals surface area (Å²) in [6, 6.07) is 8.44. The highest BCUT2D eigenvalue weighted by atomic mass is 32.2. The van der Waals surface area contributed by atoms with Crippen LogP contribution in [0.2, 0.25) is 0 Å². The maximum Gasteiger partial charge on any atom is 0.279 e. The standard InChI is InChI=1S/C28H51N5O5S/c1-9-10-16-29-39(37,38)32(19-22(2)3)20-25(34)24(17-23-14-12-11-13-15-23)33(27(36)18-28(4,5)6)30-26(35)21-31(7)8/h11-15,22,24-25,29,34H,9-10,16-21H2,1-8H3,(H,30,35)/t24?,25-/m1/s1. The van der Waals surface area contributed by atoms with Crippen molar-refractivity contribution in [2.45, 2.75) is 79.4 Å². The van der Waals surface area contributed by atoms with Crippen LogP contribution in [0, 0.1) is 11.3 Å². The SMILES string of the molecule is CCCCNS(=O)(=O)N(CC(C)C)C[C@@H](O)C(Cc1ccccc1)N(NC(=O)CN(C)C)C(=O)CC(C)(C)C. The Morgan fingerprint density at radius 1 is 1.05 bits per heavy atom. The number of carbonyl (C=O) groups excluding carboxylic acids is 2. The molecule has 2 atom stereocenters. The number of nitrogens with zero attached hydrogens (tertiary/aromatic N) is 3. The van der Waals surface area contributed by atoms with Gasteiger partial charge in [-0.2, -0.15) is 12.7 Å². The molecule has 0 bridgehead atoms. The Morgan fingerprint density at radius 3 is 2.18 bits per heavy atom. The zero-order valence-corrected chi connectivity index (χ0v) is 25.9. The molecule has 39 heavy (non-hydrogen) atoms. The van der Waals surface area contributed by atoms with Crippen LogP contribution in [0.3, 0.4) is 0 Å². The number of unbranched alkanes of at least 4 members (excludes halogenated alkanes) is 1. The van der Waals surface area contributed by atoms with E-state index in [1.165, 1.54) is 9.31 Å². The van der Waals surface area contributed by atoms with E-state index < -0.39 is 28.3 Å². The average molecular weight is 570 g/mol. The first-order valence-electron chi connectivity index (χ1n) is 13.8. The number of aliphatic hydroxyl groups is 1. The second-order valence-electron chi connectivity index (χ2n) is 12.1. The number of aliphatic hydroxyl groups excluding tert-OH is 1. The minimum atomic E-state index is -3.88. The van der Waals surface area contributed by atoms with Gasteiger partial charge >= 0.3 is 0 Å². The number of hydrogen-bond donors (Lipinski definition) is 3. The predicted molar refractivity (Wildman–Crippen MR) is 156 cm³/mol. The van der Waals surface area contributed by atoms with Crippen LogP contribution < -0.4 is 10.1 Å². The molecule has 0 saturated heterocycles. The fraction of sp³-hybridized carbons (Fsp3) is 0.714. The van der Waals surface area contributed by atoms with Crippen LogP contribution in [0.25, 0.3) is 0 Å². The molecule has 0 aromatic heterocycles. The van der Waals surface area contributed by atoms with Crippen molar-refractivity contribution in [2.75, 3.05) is 40.3 Å². The molecule has 0 aliphatic rings. The van der Waals surface area contributed by atoms with Crippen molar-refractivity contribution in [2.24, 2.45) is 11.3 Å². The van der Waals surface area contributed by atoms with E-state index in [1.807, 2.05) is 71.9 Å². The van der Waals surface area contributed by atoms with Gasteiger partial charge in [-0.1, -0.05) is 78.3 Å². The van der Waals surface area contributed by atoms with Gasteiger partial charge in [0.05, 0.1) is 18.7 Å². The van der Waals surface area contributed by atoms with Crippen LogP contribution in [0.15, 0.2) is 30.3 Å². The third-order valence-electron chi connectivity index (χ3n) is 5.83. The minimum absolute atomic E-state index is 0.00550. The number of nitrogens with one attached hydrogen (secondary N) is 2. The fourth-order valence-electron chi connectivity index (χ4n) is 4.06. The van der Waals surface area contributed by atoms with Crippen molar-refractivity contribution < 1.29 is 23.1 Å². The first-order valence-corrected chi connectivity index (χ1v) is 15.2. The molecule has 0 fully saturated rings. The van der Waals surface area contributed by atoms with Crippen LogP contribution in [-0.2, 0) is 26.2 Å². The second kappa shape index (κ2) is 16.3. The van der Waals surface area contributed by atoms with Gasteiger partial charge in [0, 0.05) is 26.1 Å². The molecule has 0 saturated carbocycles. The van der Waals surface area contributed by atoms with Gasteiger partial charge in [0.1, 0.15) is 0 Å². The number of carbonyl (C=O) groups is 2. The summed E-state index contributed by atoms with van der Waals surface area (Å²) >= 11 is 0. The topological polar surface area (TPSA) is 122 Å². The van der Waals surface area contributed by atoms with Crippen LogP contribution in [0.4, 0.5) is 0 Å². The van der Waals surface area contributed by atoms with Crippen molar-refractivity contribution in [1.29, 1.82) is 0 Å². The summed E-state index contributed by atoms with van der Waals surface area (Å²) in [5.74, 6) is -0.750. The first kappa shape index (κ1) is 35.0. The number of likely N-dealkylation sites (N-methyl/N-ethyl adjacent to an activating group) is 1. The number of hydrazine groups is 1. The van der Waals surface area contributed by atoms with E-state index in [9.17, 15) is 23.1 Å². The third-order valence-corrected chi connectivity index (χ3v) is 7.38. The van der Waals surface area contributed by atoms with Gasteiger partial charge in [-0.3, -0.25) is 15.0 Å². The summed E-state index contributed by atoms with van der Waals surface area (Å²) < 4.78 is 30.3. The van der Waals surface area contributed by atoms with Gasteiger partial charge in [0.2, 0.25) is 5.91 Å². The van der Waals surface area contributed by atoms with Crippen LogP contribution in [0.5, 0.6) is 0 Å². The normalized spacial score (nSPS) is 14.1. The molecule has 0 aliphatic carbocycles. The first-order chi connectivity index (χ1) is 18.1. The van der Waals surface area contributed by atoms with Crippen molar-refractivity contribution in [3.05, 3.63) is 35.9 Å². The Hall–Kier alpha value is -2.05. The summed E-state index contributed by atoms with van der Waals surface area (Å²) in [5.41, 5.74) is 3.20. The van der Waals surface area contributed by atoms with Crippen molar-refractivity contribution in [3.63, 3.8) is 0 Å². The Balaban J connectivity index is 3.46. The molecule has 10 nitrogen and oxygen atoms in total. The molecule has 1 aromatic carbocycles. The van der Waals surface area contributed by atoms with E-state index in [4.69, 9.17) is 0 Å². The maximum absolute atomic E-state index is 13.6. The lowest BCUT2D eigenvalue weighted by atomic mass is 9.91. The quantitative estimate of drug-likeness (QED) is 0.208. The molecule has 11 heteroatoms. The van der Waals surface area contributed by atoms with Crippen LogP contribution in [-0.4, -0.2) is 92.0 Å². The van der Waals surface area contributed by atoms with E-state index in [0.717, 1.165) is 12.0 Å². The molecule has 0 heterocycles. The Kier molecular flexibility index (Phi) is 14.6. The van der Waals surface area contributed by atoms with Gasteiger partial charge in [-0.25, -0.2) is 9.73 Å². The minimum Gasteiger partial charge on any atom is -0.389 e. The van der Waals surface area contributed by atoms with Gasteiger partial charge in [0.25, 0.3) is 16.1 Å². The van der Waals surface area contributed by atoms with Crippen LogP contribution >= 0.6 is 0 Å². The lowest BCUT2D eigenvalue weighted by molar-refractivity contribution is -0.149. The smallest absolute Gasteiger partial charge is 0.279 e. The third kappa shape index (κ3) is 13.7. The molecule has 2 amide bonds. The highest BCUT2D eigenvalue weighted by molar-refractivity contribution is 7.87. The molecular weight excluding hydrogens is 518 g/mol. The largest absolute Gasteiger partial charge is 0.389 e. The monoisotopic (exact) mass is 569 g/mol. The average Bonchev–Trinajstić information content (AvgIpc) is 2.79. The number of hydrogen-bond acceptors (Lipinski definition) is 6. The molecular formula is C28H51N5O5S. The zero-order valence-electron chi connectivity index (χ0n) is 25.1. The van der Waals surface area contributed by atoms with Crippen LogP contribution in [0.1, 0.15) is 66.4 Å². The predicted octanol–water partition coefficient (Wildman–Crippen LogP) is 2.41. The summed E-state index contributed by atoms with van der Waals surface area (Å²) in [5, 5.41) is 12.8. The van der Waals surface area contributed by atoms with Crippen molar-refractivity contribution >= 4 is 22.0 Å². The van der Waals surface area contributed by atoms with Gasteiger partial charge in [0.15, 0.2) is 0 Å². The number of rotatable bonds is 16. The summed E-state index contributed by atoms with van der Waals surface area (Å²) in [6.07, 6.45) is 0.598. The van der Waals surface area contributed by atoms with E-state index >= 15 is 0 Å². The van der Waals surface area contributed by atoms with Gasteiger partial charge in [-0.15, -0.1) is 0 Å². The van der Waals surface area contributed by atoms with Gasteiger partial charge < -0.3 is 10.0 Å². The Morgan fingerprint density at radius 2 is 1.67 bits per heavy atom. The Labute approximate surface area is 236 Å². The maximum atomic E-state index is 13.6. The molecule has 1 aromatic rings. The second-order valence-corrected chi connectivity index (χ2v) is 13.8. The summed E-state index contributed by atoms with van der Waals surface area (Å²) in [4.78, 5) is 28.1. The molecule has 224 valence electrons. The molecule has 1 rings (SSSR count). The summed E-state index contributed by atoms with van der Waals surface area (Å²) in [7, 11) is -0.384. The van der Waals surface area contributed by atoms with E-state index in [0.29, 0.717) is 13.0 Å². The lowest BCUT2D eigenvalue weighted by Gasteiger charge is -2.38. The molecule has 3 N–H and O–H groups in total. The van der Waals surface area contributed by atoms with E-state index in [-0.39, 0.29) is 49.7 Å². The zero-order chi connectivity index (χ0) is 29.8. The molecule has 0 aliphatic heterocycles. The molecule has 0 spiro atoms. The molecule has 0 radical (unpaired) electrons. The Bertz CT molecular complexity index is 980. The van der Waals surface area contributed by atoms with E-state index in [2.05, 4.69) is 10.1 Å². The van der Waals surface area contributed by atoms with Crippen molar-refractivity contribution in [3.8, 4) is 0 Å². The van der Waals surface area contributed by atoms with Crippen molar-refractivity contribution in [1.82, 2.24) is 24.4 Å². The molecule has 1 unspecified atom stereocenters. The number of benzene rings is 1. The number of amides is 2. The highest BCUT2D eigenvalue weighted by Gasteiger charge is 2.36. The van der Waals surface area contributed by atoms with Gasteiger partial charge in [-0.05, 0) is 43.8 Å². The summed E-state index contributed by atoms with van der Waals surface area (Å²) in [6.45, 7) is 11.9. The van der Waals surface area contributed by atoms with E-state index in [1.54, 1.807) is 19.0 Å². The lowest BCUT2D eigenvalue weighted by Crippen LogP contribution is -2.60. The fourth-order valence-corrected chi connectivity index (χ4v) is 5.49.